The minimum Gasteiger partial charge on any atom is -0.321 e. The quantitative estimate of drug-likeness (QED) is 0.680. The second kappa shape index (κ2) is 6.98. The van der Waals surface area contributed by atoms with Gasteiger partial charge < -0.3 is 5.43 Å². The summed E-state index contributed by atoms with van der Waals surface area (Å²) in [7, 11) is 1.51. The highest BCUT2D eigenvalue weighted by atomic mass is 19.4. The van der Waals surface area contributed by atoms with Crippen molar-refractivity contribution in [3.05, 3.63) is 71.9 Å². The average Bonchev–Trinajstić information content (AvgIpc) is 2.98. The summed E-state index contributed by atoms with van der Waals surface area (Å²) in [6.45, 7) is 0.442. The number of halogens is 3. The van der Waals surface area contributed by atoms with Gasteiger partial charge in [0.15, 0.2) is 5.69 Å². The summed E-state index contributed by atoms with van der Waals surface area (Å²) < 4.78 is 39.9. The summed E-state index contributed by atoms with van der Waals surface area (Å²) in [6, 6.07) is 17.9. The molecule has 130 valence electrons. The van der Waals surface area contributed by atoms with E-state index in [0.717, 1.165) is 17.3 Å². The predicted molar refractivity (Wildman–Crippen MR) is 90.6 cm³/mol. The van der Waals surface area contributed by atoms with Crippen LogP contribution >= 0.6 is 0 Å². The van der Waals surface area contributed by atoms with Crippen LogP contribution in [0.15, 0.2) is 60.7 Å². The SMILES string of the molecule is Cn1nc(C(F)(F)F)cc1-c1ccccc1CNNc1ccccc1. The van der Waals surface area contributed by atoms with E-state index in [-0.39, 0.29) is 0 Å². The van der Waals surface area contributed by atoms with Crippen molar-refractivity contribution in [3.63, 3.8) is 0 Å². The molecule has 1 aromatic heterocycles. The van der Waals surface area contributed by atoms with Gasteiger partial charge in [0, 0.05) is 24.8 Å². The third-order valence-electron chi connectivity index (χ3n) is 3.75. The van der Waals surface area contributed by atoms with Gasteiger partial charge in [-0.05, 0) is 23.8 Å². The molecule has 2 aromatic carbocycles. The number of hydrogen-bond donors (Lipinski definition) is 2. The lowest BCUT2D eigenvalue weighted by Gasteiger charge is -2.12. The summed E-state index contributed by atoms with van der Waals surface area (Å²) in [4.78, 5) is 0. The molecular formula is C18H17F3N4. The zero-order valence-electron chi connectivity index (χ0n) is 13.5. The van der Waals surface area contributed by atoms with Crippen molar-refractivity contribution in [1.82, 2.24) is 15.2 Å². The molecule has 0 atom stereocenters. The van der Waals surface area contributed by atoms with Gasteiger partial charge in [0.2, 0.25) is 0 Å². The van der Waals surface area contributed by atoms with Crippen LogP contribution in [0.3, 0.4) is 0 Å². The number of nitrogens with zero attached hydrogens (tertiary/aromatic N) is 2. The van der Waals surface area contributed by atoms with E-state index in [1.807, 2.05) is 42.5 Å². The van der Waals surface area contributed by atoms with E-state index >= 15 is 0 Å². The number of para-hydroxylation sites is 1. The molecule has 0 aliphatic rings. The lowest BCUT2D eigenvalue weighted by Crippen LogP contribution is -2.21. The van der Waals surface area contributed by atoms with Crippen LogP contribution in [0.1, 0.15) is 11.3 Å². The normalized spacial score (nSPS) is 11.5. The highest BCUT2D eigenvalue weighted by molar-refractivity contribution is 5.64. The first kappa shape index (κ1) is 17.0. The van der Waals surface area contributed by atoms with Crippen molar-refractivity contribution in [1.29, 1.82) is 0 Å². The van der Waals surface area contributed by atoms with Crippen molar-refractivity contribution in [2.24, 2.45) is 7.05 Å². The molecule has 25 heavy (non-hydrogen) atoms. The molecule has 0 aliphatic heterocycles. The largest absolute Gasteiger partial charge is 0.435 e. The van der Waals surface area contributed by atoms with Crippen molar-refractivity contribution >= 4 is 5.69 Å². The number of aryl methyl sites for hydroxylation is 1. The van der Waals surface area contributed by atoms with Crippen LogP contribution in [0.2, 0.25) is 0 Å². The van der Waals surface area contributed by atoms with Gasteiger partial charge in [-0.3, -0.25) is 4.68 Å². The van der Waals surface area contributed by atoms with Gasteiger partial charge in [0.05, 0.1) is 5.69 Å². The van der Waals surface area contributed by atoms with Gasteiger partial charge in [-0.25, -0.2) is 5.43 Å². The van der Waals surface area contributed by atoms with Crippen LogP contribution in [0, 0.1) is 0 Å². The minimum absolute atomic E-state index is 0.421. The molecule has 0 bridgehead atoms. The summed E-state index contributed by atoms with van der Waals surface area (Å²) in [6.07, 6.45) is -4.46. The van der Waals surface area contributed by atoms with Crippen molar-refractivity contribution in [2.45, 2.75) is 12.7 Å². The molecule has 3 rings (SSSR count). The number of hydrogen-bond acceptors (Lipinski definition) is 3. The van der Waals surface area contributed by atoms with Crippen molar-refractivity contribution in [2.75, 3.05) is 5.43 Å². The molecule has 0 unspecified atom stereocenters. The monoisotopic (exact) mass is 346 g/mol. The second-order valence-electron chi connectivity index (χ2n) is 5.54. The molecule has 2 N–H and O–H groups in total. The van der Waals surface area contributed by atoms with Crippen molar-refractivity contribution in [3.8, 4) is 11.3 Å². The van der Waals surface area contributed by atoms with E-state index in [9.17, 15) is 13.2 Å². The number of benzene rings is 2. The van der Waals surface area contributed by atoms with Gasteiger partial charge in [-0.15, -0.1) is 0 Å². The van der Waals surface area contributed by atoms with Gasteiger partial charge in [-0.1, -0.05) is 42.5 Å². The molecule has 1 heterocycles. The fraction of sp³-hybridized carbons (Fsp3) is 0.167. The molecule has 0 saturated carbocycles. The molecule has 0 fully saturated rings. The number of alkyl halides is 3. The number of aromatic nitrogens is 2. The van der Waals surface area contributed by atoms with Crippen LogP contribution < -0.4 is 10.9 Å². The Hall–Kier alpha value is -2.80. The van der Waals surface area contributed by atoms with Gasteiger partial charge >= 0.3 is 6.18 Å². The Kier molecular flexibility index (Phi) is 4.76. The summed E-state index contributed by atoms with van der Waals surface area (Å²) in [5.74, 6) is 0. The first-order valence-electron chi connectivity index (χ1n) is 7.68. The Morgan fingerprint density at radius 1 is 1.00 bits per heavy atom. The Morgan fingerprint density at radius 3 is 2.36 bits per heavy atom. The number of rotatable bonds is 5. The van der Waals surface area contributed by atoms with Crippen LogP contribution in [0.5, 0.6) is 0 Å². The molecule has 0 amide bonds. The van der Waals surface area contributed by atoms with Crippen LogP contribution in [-0.2, 0) is 19.8 Å². The van der Waals surface area contributed by atoms with E-state index in [4.69, 9.17) is 0 Å². The first-order chi connectivity index (χ1) is 11.9. The lowest BCUT2D eigenvalue weighted by atomic mass is 10.0. The topological polar surface area (TPSA) is 41.9 Å². The van der Waals surface area contributed by atoms with Crippen LogP contribution in [0.4, 0.5) is 18.9 Å². The smallest absolute Gasteiger partial charge is 0.321 e. The molecule has 0 spiro atoms. The molecular weight excluding hydrogens is 329 g/mol. The third-order valence-corrected chi connectivity index (χ3v) is 3.75. The standard InChI is InChI=1S/C18H17F3N4/c1-25-16(11-17(24-25)18(19,20)21)15-10-6-5-7-13(15)12-22-23-14-8-3-2-4-9-14/h2-11,22-23H,12H2,1H3. The zero-order valence-corrected chi connectivity index (χ0v) is 13.5. The maximum Gasteiger partial charge on any atom is 0.435 e. The summed E-state index contributed by atoms with van der Waals surface area (Å²) in [5, 5.41) is 3.58. The molecule has 3 aromatic rings. The fourth-order valence-corrected chi connectivity index (χ4v) is 2.55. The molecule has 7 heteroatoms. The molecule has 0 radical (unpaired) electrons. The zero-order chi connectivity index (χ0) is 17.9. The number of hydrazine groups is 1. The maximum atomic E-state index is 12.9. The summed E-state index contributed by atoms with van der Waals surface area (Å²) >= 11 is 0. The van der Waals surface area contributed by atoms with Gasteiger partial charge in [0.25, 0.3) is 0 Å². The maximum absolute atomic E-state index is 12.9. The second-order valence-corrected chi connectivity index (χ2v) is 5.54. The van der Waals surface area contributed by atoms with Crippen molar-refractivity contribution < 1.29 is 13.2 Å². The van der Waals surface area contributed by atoms with E-state index in [2.05, 4.69) is 16.0 Å². The molecule has 4 nitrogen and oxygen atoms in total. The molecule has 0 saturated heterocycles. The summed E-state index contributed by atoms with van der Waals surface area (Å²) in [5.41, 5.74) is 8.14. The Bertz CT molecular complexity index is 841. The highest BCUT2D eigenvalue weighted by Crippen LogP contribution is 2.32. The number of anilines is 1. The Morgan fingerprint density at radius 2 is 1.68 bits per heavy atom. The Labute approximate surface area is 143 Å². The first-order valence-corrected chi connectivity index (χ1v) is 7.68. The van der Waals surface area contributed by atoms with E-state index in [1.54, 1.807) is 12.1 Å². The van der Waals surface area contributed by atoms with Gasteiger partial charge in [0.1, 0.15) is 0 Å². The van der Waals surface area contributed by atoms with Gasteiger partial charge in [-0.2, -0.15) is 18.3 Å². The van der Waals surface area contributed by atoms with Crippen LogP contribution in [0.25, 0.3) is 11.3 Å². The average molecular weight is 346 g/mol. The third kappa shape index (κ3) is 4.00. The lowest BCUT2D eigenvalue weighted by molar-refractivity contribution is -0.141. The minimum atomic E-state index is -4.46. The van der Waals surface area contributed by atoms with E-state index < -0.39 is 11.9 Å². The van der Waals surface area contributed by atoms with E-state index in [1.165, 1.54) is 11.7 Å². The predicted octanol–water partition coefficient (Wildman–Crippen LogP) is 4.22. The van der Waals surface area contributed by atoms with Crippen LogP contribution in [-0.4, -0.2) is 9.78 Å². The highest BCUT2D eigenvalue weighted by Gasteiger charge is 2.34. The Balaban J connectivity index is 1.80. The molecule has 0 aliphatic carbocycles. The fourth-order valence-electron chi connectivity index (χ4n) is 2.55. The number of nitrogens with one attached hydrogen (secondary N) is 2. The van der Waals surface area contributed by atoms with E-state index in [0.29, 0.717) is 17.8 Å².